The summed E-state index contributed by atoms with van der Waals surface area (Å²) in [7, 11) is 0. The summed E-state index contributed by atoms with van der Waals surface area (Å²) in [6.07, 6.45) is -0.910. The molecule has 2 aromatic rings. The molecule has 0 aliphatic rings. The van der Waals surface area contributed by atoms with Crippen LogP contribution in [0.4, 0.5) is 4.39 Å². The molecule has 18 heavy (non-hydrogen) atoms. The van der Waals surface area contributed by atoms with E-state index in [0.717, 1.165) is 11.1 Å². The lowest BCUT2D eigenvalue weighted by Crippen LogP contribution is -2.02. The second kappa shape index (κ2) is 5.09. The van der Waals surface area contributed by atoms with Gasteiger partial charge < -0.3 is 5.11 Å². The van der Waals surface area contributed by atoms with Crippen LogP contribution in [-0.2, 0) is 0 Å². The molecule has 0 amide bonds. The Balaban J connectivity index is 2.44. The summed E-state index contributed by atoms with van der Waals surface area (Å²) in [6, 6.07) is 9.93. The molecule has 0 spiro atoms. The fraction of sp³-hybridized carbons (Fsp3) is 0.200. The first kappa shape index (κ1) is 13.1. The minimum Gasteiger partial charge on any atom is -0.384 e. The molecule has 0 aliphatic heterocycles. The fourth-order valence-electron chi connectivity index (χ4n) is 1.96. The minimum absolute atomic E-state index is 0.354. The third kappa shape index (κ3) is 2.71. The summed E-state index contributed by atoms with van der Waals surface area (Å²) in [5, 5.41) is 10.8. The molecule has 3 heteroatoms. The van der Waals surface area contributed by atoms with Crippen molar-refractivity contribution in [3.05, 3.63) is 69.5 Å². The number of aliphatic hydroxyl groups excluding tert-OH is 1. The van der Waals surface area contributed by atoms with Crippen molar-refractivity contribution in [1.29, 1.82) is 0 Å². The van der Waals surface area contributed by atoms with Crippen molar-refractivity contribution in [1.82, 2.24) is 0 Å². The molecule has 0 saturated carbocycles. The van der Waals surface area contributed by atoms with Crippen LogP contribution >= 0.6 is 11.6 Å². The summed E-state index contributed by atoms with van der Waals surface area (Å²) < 4.78 is 13.3. The van der Waals surface area contributed by atoms with E-state index in [-0.39, 0.29) is 5.82 Å². The van der Waals surface area contributed by atoms with Gasteiger partial charge in [0.15, 0.2) is 0 Å². The lowest BCUT2D eigenvalue weighted by molar-refractivity contribution is 0.220. The highest BCUT2D eigenvalue weighted by molar-refractivity contribution is 6.31. The number of hydrogen-bond acceptors (Lipinski definition) is 1. The van der Waals surface area contributed by atoms with Gasteiger partial charge in [0, 0.05) is 10.6 Å². The average molecular weight is 265 g/mol. The first-order valence-electron chi connectivity index (χ1n) is 5.68. The zero-order valence-corrected chi connectivity index (χ0v) is 11.0. The maximum atomic E-state index is 13.3. The molecular formula is C15H14ClFO. The number of aryl methyl sites for hydroxylation is 2. The van der Waals surface area contributed by atoms with E-state index in [2.05, 4.69) is 0 Å². The Morgan fingerprint density at radius 2 is 1.78 bits per heavy atom. The van der Waals surface area contributed by atoms with E-state index in [1.807, 2.05) is 13.0 Å². The van der Waals surface area contributed by atoms with Crippen molar-refractivity contribution in [3.63, 3.8) is 0 Å². The highest BCUT2D eigenvalue weighted by Gasteiger charge is 2.15. The van der Waals surface area contributed by atoms with Crippen LogP contribution in [0, 0.1) is 19.7 Å². The van der Waals surface area contributed by atoms with Gasteiger partial charge in [-0.25, -0.2) is 4.39 Å². The van der Waals surface area contributed by atoms with E-state index in [1.165, 1.54) is 12.1 Å². The summed E-state index contributed by atoms with van der Waals surface area (Å²) in [5.74, 6) is -0.354. The first-order valence-corrected chi connectivity index (χ1v) is 6.06. The summed E-state index contributed by atoms with van der Waals surface area (Å²) >= 11 is 6.10. The van der Waals surface area contributed by atoms with Gasteiger partial charge in [-0.3, -0.25) is 0 Å². The quantitative estimate of drug-likeness (QED) is 0.863. The molecule has 1 nitrogen and oxygen atoms in total. The summed E-state index contributed by atoms with van der Waals surface area (Å²) in [4.78, 5) is 0. The molecule has 0 fully saturated rings. The SMILES string of the molecule is Cc1cc(F)cc(C(O)c2ccc(C)cc2Cl)c1. The Kier molecular flexibility index (Phi) is 3.69. The van der Waals surface area contributed by atoms with Gasteiger partial charge in [0.1, 0.15) is 11.9 Å². The molecule has 0 bridgehead atoms. The number of aliphatic hydroxyl groups is 1. The minimum atomic E-state index is -0.910. The van der Waals surface area contributed by atoms with Crippen LogP contribution in [0.2, 0.25) is 5.02 Å². The van der Waals surface area contributed by atoms with Crippen molar-refractivity contribution in [2.24, 2.45) is 0 Å². The lowest BCUT2D eigenvalue weighted by atomic mass is 9.99. The number of halogens is 2. The molecule has 94 valence electrons. The van der Waals surface area contributed by atoms with Crippen LogP contribution in [0.1, 0.15) is 28.4 Å². The fourth-order valence-corrected chi connectivity index (χ4v) is 2.29. The molecule has 0 aromatic heterocycles. The van der Waals surface area contributed by atoms with Crippen LogP contribution in [0.5, 0.6) is 0 Å². The molecule has 0 saturated heterocycles. The van der Waals surface area contributed by atoms with Gasteiger partial charge >= 0.3 is 0 Å². The Labute approximate surface area is 111 Å². The molecule has 2 rings (SSSR count). The Morgan fingerprint density at radius 3 is 2.39 bits per heavy atom. The topological polar surface area (TPSA) is 20.2 Å². The van der Waals surface area contributed by atoms with Crippen LogP contribution in [0.15, 0.2) is 36.4 Å². The van der Waals surface area contributed by atoms with Gasteiger partial charge in [0.05, 0.1) is 0 Å². The van der Waals surface area contributed by atoms with Crippen molar-refractivity contribution in [2.75, 3.05) is 0 Å². The second-order valence-electron chi connectivity index (χ2n) is 4.49. The molecule has 1 unspecified atom stereocenters. The Hall–Kier alpha value is -1.38. The first-order chi connectivity index (χ1) is 8.47. The Morgan fingerprint density at radius 1 is 1.06 bits per heavy atom. The molecule has 1 N–H and O–H groups in total. The number of benzene rings is 2. The number of rotatable bonds is 2. The van der Waals surface area contributed by atoms with Gasteiger partial charge in [-0.2, -0.15) is 0 Å². The molecule has 0 radical (unpaired) electrons. The molecular weight excluding hydrogens is 251 g/mol. The second-order valence-corrected chi connectivity index (χ2v) is 4.90. The van der Waals surface area contributed by atoms with Crippen LogP contribution in [0.25, 0.3) is 0 Å². The third-order valence-electron chi connectivity index (χ3n) is 2.83. The van der Waals surface area contributed by atoms with E-state index in [0.29, 0.717) is 16.1 Å². The standard InChI is InChI=1S/C15H14ClFO/c1-9-3-4-13(14(16)7-9)15(18)11-5-10(2)6-12(17)8-11/h3-8,15,18H,1-2H3. The molecule has 1 atom stereocenters. The van der Waals surface area contributed by atoms with Crippen molar-refractivity contribution < 1.29 is 9.50 Å². The van der Waals surface area contributed by atoms with Crippen molar-refractivity contribution in [3.8, 4) is 0 Å². The van der Waals surface area contributed by atoms with Crippen LogP contribution < -0.4 is 0 Å². The zero-order chi connectivity index (χ0) is 13.3. The van der Waals surface area contributed by atoms with Gasteiger partial charge in [0.25, 0.3) is 0 Å². The van der Waals surface area contributed by atoms with E-state index in [4.69, 9.17) is 11.6 Å². The Bertz CT molecular complexity index is 560. The van der Waals surface area contributed by atoms with Crippen LogP contribution in [-0.4, -0.2) is 5.11 Å². The molecule has 0 heterocycles. The largest absolute Gasteiger partial charge is 0.384 e. The van der Waals surface area contributed by atoms with E-state index < -0.39 is 6.10 Å². The smallest absolute Gasteiger partial charge is 0.123 e. The lowest BCUT2D eigenvalue weighted by Gasteiger charge is -2.14. The molecule has 0 aliphatic carbocycles. The average Bonchev–Trinajstić information content (AvgIpc) is 2.26. The zero-order valence-electron chi connectivity index (χ0n) is 10.2. The monoisotopic (exact) mass is 264 g/mol. The van der Waals surface area contributed by atoms with Crippen molar-refractivity contribution in [2.45, 2.75) is 20.0 Å². The van der Waals surface area contributed by atoms with Gasteiger partial charge in [-0.15, -0.1) is 0 Å². The maximum absolute atomic E-state index is 13.3. The van der Waals surface area contributed by atoms with Gasteiger partial charge in [-0.1, -0.05) is 29.8 Å². The molecule has 2 aromatic carbocycles. The predicted octanol–water partition coefficient (Wildman–Crippen LogP) is 4.18. The van der Waals surface area contributed by atoms with Gasteiger partial charge in [0.2, 0.25) is 0 Å². The predicted molar refractivity (Wildman–Crippen MR) is 71.4 cm³/mol. The summed E-state index contributed by atoms with van der Waals surface area (Å²) in [6.45, 7) is 3.71. The number of hydrogen-bond donors (Lipinski definition) is 1. The van der Waals surface area contributed by atoms with E-state index in [9.17, 15) is 9.50 Å². The highest BCUT2D eigenvalue weighted by atomic mass is 35.5. The third-order valence-corrected chi connectivity index (χ3v) is 3.16. The van der Waals surface area contributed by atoms with E-state index >= 15 is 0 Å². The van der Waals surface area contributed by atoms with Crippen LogP contribution in [0.3, 0.4) is 0 Å². The van der Waals surface area contributed by atoms with Gasteiger partial charge in [-0.05, 0) is 48.7 Å². The highest BCUT2D eigenvalue weighted by Crippen LogP contribution is 2.29. The summed E-state index contributed by atoms with van der Waals surface area (Å²) in [5.41, 5.74) is 2.89. The maximum Gasteiger partial charge on any atom is 0.123 e. The van der Waals surface area contributed by atoms with E-state index in [1.54, 1.807) is 25.1 Å². The van der Waals surface area contributed by atoms with Crippen molar-refractivity contribution >= 4 is 11.6 Å². The normalized spacial score (nSPS) is 12.5.